The number of nitrogens with two attached hydrogens (primary N) is 1. The van der Waals surface area contributed by atoms with Gasteiger partial charge in [0.25, 0.3) is 0 Å². The second-order valence-corrected chi connectivity index (χ2v) is 4.20. The average molecular weight is 224 g/mol. The van der Waals surface area contributed by atoms with Gasteiger partial charge in [-0.15, -0.1) is 0 Å². The lowest BCUT2D eigenvalue weighted by molar-refractivity contribution is 0.600. The van der Waals surface area contributed by atoms with Crippen LogP contribution in [0.5, 0.6) is 0 Å². The van der Waals surface area contributed by atoms with Crippen molar-refractivity contribution in [3.05, 3.63) is 5.69 Å². The minimum Gasteiger partial charge on any atom is -0.394 e. The molecule has 1 rings (SSSR count). The van der Waals surface area contributed by atoms with E-state index >= 15 is 0 Å². The third kappa shape index (κ3) is 2.15. The molecule has 0 aliphatic carbocycles. The Morgan fingerprint density at radius 1 is 1.38 bits per heavy atom. The first-order valence-corrected chi connectivity index (χ1v) is 6.14. The van der Waals surface area contributed by atoms with Crippen LogP contribution in [0.25, 0.3) is 0 Å². The van der Waals surface area contributed by atoms with E-state index in [9.17, 15) is 0 Å². The van der Waals surface area contributed by atoms with Crippen molar-refractivity contribution in [2.24, 2.45) is 7.05 Å². The summed E-state index contributed by atoms with van der Waals surface area (Å²) in [4.78, 5) is 2.32. The summed E-state index contributed by atoms with van der Waals surface area (Å²) in [5, 5.41) is 4.46. The van der Waals surface area contributed by atoms with Crippen LogP contribution in [0.15, 0.2) is 0 Å². The van der Waals surface area contributed by atoms with E-state index in [0.717, 1.165) is 36.6 Å². The number of anilines is 2. The highest BCUT2D eigenvalue weighted by Gasteiger charge is 2.20. The van der Waals surface area contributed by atoms with Gasteiger partial charge in [0.15, 0.2) is 5.82 Å². The van der Waals surface area contributed by atoms with E-state index in [4.69, 9.17) is 5.73 Å². The first-order valence-electron chi connectivity index (χ1n) is 6.14. The minimum atomic E-state index is 0.493. The van der Waals surface area contributed by atoms with Gasteiger partial charge < -0.3 is 10.6 Å². The quantitative estimate of drug-likeness (QED) is 0.834. The van der Waals surface area contributed by atoms with Gasteiger partial charge in [0.2, 0.25) is 0 Å². The molecule has 0 aliphatic heterocycles. The predicted octanol–water partition coefficient (Wildman–Crippen LogP) is 2.19. The summed E-state index contributed by atoms with van der Waals surface area (Å²) in [6.45, 7) is 9.62. The molecule has 1 heterocycles. The Morgan fingerprint density at radius 3 is 2.38 bits per heavy atom. The van der Waals surface area contributed by atoms with Crippen LogP contribution >= 0.6 is 0 Å². The SMILES string of the molecule is CCc1nn(C)c(N(CC)C(C)CC)c1N. The van der Waals surface area contributed by atoms with Crippen LogP contribution in [0.3, 0.4) is 0 Å². The maximum Gasteiger partial charge on any atom is 0.150 e. The normalized spacial score (nSPS) is 12.8. The molecule has 0 radical (unpaired) electrons. The van der Waals surface area contributed by atoms with E-state index in [1.807, 2.05) is 11.7 Å². The third-order valence-electron chi connectivity index (χ3n) is 3.20. The van der Waals surface area contributed by atoms with Crippen LogP contribution in [-0.2, 0) is 13.5 Å². The van der Waals surface area contributed by atoms with E-state index in [1.165, 1.54) is 0 Å². The number of nitrogen functional groups attached to an aromatic ring is 1. The average Bonchev–Trinajstić information content (AvgIpc) is 2.56. The highest BCUT2D eigenvalue weighted by atomic mass is 15.4. The van der Waals surface area contributed by atoms with Gasteiger partial charge >= 0.3 is 0 Å². The molecule has 0 amide bonds. The molecule has 1 aromatic heterocycles. The number of hydrogen-bond acceptors (Lipinski definition) is 3. The molecule has 16 heavy (non-hydrogen) atoms. The Bertz CT molecular complexity index is 343. The van der Waals surface area contributed by atoms with Gasteiger partial charge in [0.1, 0.15) is 0 Å². The molecule has 92 valence electrons. The van der Waals surface area contributed by atoms with Gasteiger partial charge in [-0.25, -0.2) is 0 Å². The fourth-order valence-corrected chi connectivity index (χ4v) is 2.08. The zero-order valence-corrected chi connectivity index (χ0v) is 11.1. The molecule has 1 atom stereocenters. The number of hydrogen-bond donors (Lipinski definition) is 1. The topological polar surface area (TPSA) is 47.1 Å². The predicted molar refractivity (Wildman–Crippen MR) is 69.8 cm³/mol. The van der Waals surface area contributed by atoms with Crippen molar-refractivity contribution in [3.63, 3.8) is 0 Å². The van der Waals surface area contributed by atoms with E-state index in [0.29, 0.717) is 6.04 Å². The van der Waals surface area contributed by atoms with Crippen LogP contribution in [-0.4, -0.2) is 22.4 Å². The molecule has 1 unspecified atom stereocenters. The molecule has 0 saturated heterocycles. The standard InChI is InChI=1S/C12H24N4/c1-6-9(4)16(8-3)12-11(13)10(7-2)14-15(12)5/h9H,6-8,13H2,1-5H3. The fourth-order valence-electron chi connectivity index (χ4n) is 2.08. The van der Waals surface area contributed by atoms with E-state index in [2.05, 4.69) is 37.7 Å². The second-order valence-electron chi connectivity index (χ2n) is 4.20. The second kappa shape index (κ2) is 5.23. The largest absolute Gasteiger partial charge is 0.394 e. The van der Waals surface area contributed by atoms with Crippen molar-refractivity contribution in [2.45, 2.75) is 46.6 Å². The molecule has 0 bridgehead atoms. The molecular weight excluding hydrogens is 200 g/mol. The monoisotopic (exact) mass is 224 g/mol. The van der Waals surface area contributed by atoms with Crippen molar-refractivity contribution in [1.29, 1.82) is 0 Å². The Kier molecular flexibility index (Phi) is 4.21. The van der Waals surface area contributed by atoms with Gasteiger partial charge in [-0.1, -0.05) is 13.8 Å². The highest BCUT2D eigenvalue weighted by molar-refractivity contribution is 5.66. The Labute approximate surface area is 98.4 Å². The molecule has 4 heteroatoms. The Hall–Kier alpha value is -1.19. The summed E-state index contributed by atoms with van der Waals surface area (Å²) >= 11 is 0. The lowest BCUT2D eigenvalue weighted by atomic mass is 10.2. The molecule has 0 aliphatic rings. The van der Waals surface area contributed by atoms with Crippen molar-refractivity contribution in [3.8, 4) is 0 Å². The molecule has 2 N–H and O–H groups in total. The van der Waals surface area contributed by atoms with Crippen LogP contribution in [0.2, 0.25) is 0 Å². The van der Waals surface area contributed by atoms with Gasteiger partial charge in [-0.05, 0) is 26.7 Å². The number of aromatic nitrogens is 2. The summed E-state index contributed by atoms with van der Waals surface area (Å²) in [5.41, 5.74) is 8.00. The van der Waals surface area contributed by atoms with Gasteiger partial charge in [0, 0.05) is 19.6 Å². The molecule has 1 aromatic rings. The van der Waals surface area contributed by atoms with E-state index < -0.39 is 0 Å². The summed E-state index contributed by atoms with van der Waals surface area (Å²) < 4.78 is 1.91. The molecule has 0 spiro atoms. The van der Waals surface area contributed by atoms with Crippen molar-refractivity contribution in [2.75, 3.05) is 17.2 Å². The molecule has 0 fully saturated rings. The molecule has 4 nitrogen and oxygen atoms in total. The first-order chi connectivity index (χ1) is 7.56. The van der Waals surface area contributed by atoms with Crippen LogP contribution in [0, 0.1) is 0 Å². The van der Waals surface area contributed by atoms with E-state index in [1.54, 1.807) is 0 Å². The van der Waals surface area contributed by atoms with Crippen LogP contribution in [0.1, 0.15) is 39.8 Å². The lowest BCUT2D eigenvalue weighted by Crippen LogP contribution is -2.34. The summed E-state index contributed by atoms with van der Waals surface area (Å²) in [6, 6.07) is 0.493. The molecule has 0 aromatic carbocycles. The van der Waals surface area contributed by atoms with E-state index in [-0.39, 0.29) is 0 Å². The molecule has 0 saturated carbocycles. The van der Waals surface area contributed by atoms with Crippen molar-refractivity contribution in [1.82, 2.24) is 9.78 Å². The summed E-state index contributed by atoms with van der Waals surface area (Å²) in [7, 11) is 1.97. The highest BCUT2D eigenvalue weighted by Crippen LogP contribution is 2.28. The zero-order chi connectivity index (χ0) is 12.3. The Balaban J connectivity index is 3.14. The zero-order valence-electron chi connectivity index (χ0n) is 11.1. The van der Waals surface area contributed by atoms with Crippen molar-refractivity contribution >= 4 is 11.5 Å². The maximum atomic E-state index is 6.16. The smallest absolute Gasteiger partial charge is 0.150 e. The lowest BCUT2D eigenvalue weighted by Gasteiger charge is -2.29. The number of aryl methyl sites for hydroxylation is 2. The Morgan fingerprint density at radius 2 is 2.00 bits per heavy atom. The minimum absolute atomic E-state index is 0.493. The molecular formula is C12H24N4. The van der Waals surface area contributed by atoms with Crippen LogP contribution < -0.4 is 10.6 Å². The maximum absolute atomic E-state index is 6.16. The summed E-state index contributed by atoms with van der Waals surface area (Å²) in [5.74, 6) is 1.06. The van der Waals surface area contributed by atoms with Gasteiger partial charge in [-0.2, -0.15) is 5.10 Å². The number of nitrogens with zero attached hydrogens (tertiary/aromatic N) is 3. The van der Waals surface area contributed by atoms with Gasteiger partial charge in [-0.3, -0.25) is 4.68 Å². The summed E-state index contributed by atoms with van der Waals surface area (Å²) in [6.07, 6.45) is 2.00. The fraction of sp³-hybridized carbons (Fsp3) is 0.750. The van der Waals surface area contributed by atoms with Gasteiger partial charge in [0.05, 0.1) is 11.4 Å². The number of rotatable bonds is 5. The first kappa shape index (κ1) is 12.9. The van der Waals surface area contributed by atoms with Crippen molar-refractivity contribution < 1.29 is 0 Å². The third-order valence-corrected chi connectivity index (χ3v) is 3.20. The van der Waals surface area contributed by atoms with Crippen LogP contribution in [0.4, 0.5) is 11.5 Å².